The van der Waals surface area contributed by atoms with Gasteiger partial charge in [0, 0.05) is 22.9 Å². The molecule has 2 aromatic heterocycles. The molecule has 0 spiro atoms. The van der Waals surface area contributed by atoms with E-state index in [1.54, 1.807) is 13.2 Å². The Labute approximate surface area is 144 Å². The molecule has 5 nitrogen and oxygen atoms in total. The normalized spacial score (nSPS) is 11.0. The van der Waals surface area contributed by atoms with Crippen molar-refractivity contribution < 1.29 is 4.74 Å². The van der Waals surface area contributed by atoms with Crippen molar-refractivity contribution >= 4 is 5.65 Å². The fourth-order valence-corrected chi connectivity index (χ4v) is 3.01. The van der Waals surface area contributed by atoms with Gasteiger partial charge in [0.2, 0.25) is 0 Å². The summed E-state index contributed by atoms with van der Waals surface area (Å²) in [5.41, 5.74) is 4.87. The second-order valence-electron chi connectivity index (χ2n) is 5.84. The lowest BCUT2D eigenvalue weighted by atomic mass is 10.1. The molecule has 4 rings (SSSR count). The Morgan fingerprint density at radius 2 is 1.72 bits per heavy atom. The van der Waals surface area contributed by atoms with Crippen LogP contribution in [0.5, 0.6) is 5.75 Å². The Kier molecular flexibility index (Phi) is 3.61. The third-order valence-electron chi connectivity index (χ3n) is 4.25. The van der Waals surface area contributed by atoms with Gasteiger partial charge in [-0.05, 0) is 36.8 Å². The first kappa shape index (κ1) is 15.2. The fourth-order valence-electron chi connectivity index (χ4n) is 3.01. The predicted octanol–water partition coefficient (Wildman–Crippen LogP) is 3.67. The monoisotopic (exact) mass is 331 g/mol. The molecule has 0 aliphatic heterocycles. The smallest absolute Gasteiger partial charge is 0.273 e. The molecule has 5 heteroatoms. The second kappa shape index (κ2) is 5.94. The number of hydrogen-bond acceptors (Lipinski definition) is 3. The Morgan fingerprint density at radius 3 is 2.40 bits per heavy atom. The van der Waals surface area contributed by atoms with Crippen LogP contribution in [0.1, 0.15) is 5.69 Å². The topological polar surface area (TPSA) is 59.4 Å². The summed E-state index contributed by atoms with van der Waals surface area (Å²) in [5.74, 6) is 0.768. The minimum absolute atomic E-state index is 0.138. The van der Waals surface area contributed by atoms with Gasteiger partial charge < -0.3 is 4.74 Å². The number of aryl methyl sites for hydroxylation is 1. The molecule has 0 unspecified atom stereocenters. The number of hydrogen-bond donors (Lipinski definition) is 1. The summed E-state index contributed by atoms with van der Waals surface area (Å²) in [6, 6.07) is 19.0. The number of aromatic amines is 1. The van der Waals surface area contributed by atoms with Crippen LogP contribution in [-0.4, -0.2) is 21.7 Å². The third kappa shape index (κ3) is 2.59. The number of aromatic nitrogens is 3. The number of ether oxygens (including phenoxy) is 1. The number of rotatable bonds is 3. The Hall–Kier alpha value is -3.34. The van der Waals surface area contributed by atoms with Crippen LogP contribution in [0.2, 0.25) is 0 Å². The molecule has 124 valence electrons. The van der Waals surface area contributed by atoms with Crippen LogP contribution in [0.4, 0.5) is 0 Å². The van der Waals surface area contributed by atoms with E-state index in [2.05, 4.69) is 5.10 Å². The molecule has 0 saturated carbocycles. The van der Waals surface area contributed by atoms with Crippen molar-refractivity contribution in [3.05, 3.63) is 76.7 Å². The molecule has 25 heavy (non-hydrogen) atoms. The van der Waals surface area contributed by atoms with E-state index in [4.69, 9.17) is 9.72 Å². The molecule has 0 fully saturated rings. The average molecular weight is 331 g/mol. The average Bonchev–Trinajstić information content (AvgIpc) is 2.99. The summed E-state index contributed by atoms with van der Waals surface area (Å²) < 4.78 is 6.68. The van der Waals surface area contributed by atoms with Crippen LogP contribution in [-0.2, 0) is 0 Å². The quantitative estimate of drug-likeness (QED) is 0.623. The van der Waals surface area contributed by atoms with Gasteiger partial charge in [-0.25, -0.2) is 9.50 Å². The number of benzene rings is 2. The van der Waals surface area contributed by atoms with Gasteiger partial charge in [-0.3, -0.25) is 9.89 Å². The van der Waals surface area contributed by atoms with Crippen molar-refractivity contribution in [1.29, 1.82) is 0 Å². The van der Waals surface area contributed by atoms with Gasteiger partial charge in [-0.2, -0.15) is 0 Å². The molecule has 0 atom stereocenters. The molecule has 0 saturated heterocycles. The zero-order chi connectivity index (χ0) is 17.4. The van der Waals surface area contributed by atoms with E-state index in [9.17, 15) is 4.79 Å². The lowest BCUT2D eigenvalue weighted by Gasteiger charge is -2.05. The van der Waals surface area contributed by atoms with E-state index in [1.807, 2.05) is 61.5 Å². The summed E-state index contributed by atoms with van der Waals surface area (Å²) in [6.45, 7) is 1.95. The molecule has 0 aliphatic carbocycles. The molecule has 0 aliphatic rings. The highest BCUT2D eigenvalue weighted by molar-refractivity contribution is 5.81. The van der Waals surface area contributed by atoms with Gasteiger partial charge in [0.15, 0.2) is 5.65 Å². The van der Waals surface area contributed by atoms with Crippen LogP contribution in [0.25, 0.3) is 28.0 Å². The maximum atomic E-state index is 12.6. The fraction of sp³-hybridized carbons (Fsp3) is 0.100. The van der Waals surface area contributed by atoms with Crippen LogP contribution < -0.4 is 10.3 Å². The molecular formula is C20H17N3O2. The summed E-state index contributed by atoms with van der Waals surface area (Å²) in [4.78, 5) is 17.3. The first-order valence-corrected chi connectivity index (χ1v) is 7.99. The Balaban J connectivity index is 1.95. The maximum absolute atomic E-state index is 12.6. The lowest BCUT2D eigenvalue weighted by Crippen LogP contribution is -2.14. The van der Waals surface area contributed by atoms with Gasteiger partial charge in [0.25, 0.3) is 5.56 Å². The Morgan fingerprint density at radius 1 is 1.00 bits per heavy atom. The summed E-state index contributed by atoms with van der Waals surface area (Å²) >= 11 is 0. The number of nitrogens with zero attached hydrogens (tertiary/aromatic N) is 2. The lowest BCUT2D eigenvalue weighted by molar-refractivity contribution is 0.415. The van der Waals surface area contributed by atoms with E-state index in [-0.39, 0.29) is 5.56 Å². The first-order valence-electron chi connectivity index (χ1n) is 7.99. The molecule has 4 aromatic rings. The molecule has 1 N–H and O–H groups in total. The zero-order valence-corrected chi connectivity index (χ0v) is 14.0. The molecule has 0 amide bonds. The number of nitrogens with one attached hydrogen (secondary N) is 1. The van der Waals surface area contributed by atoms with Crippen molar-refractivity contribution in [2.45, 2.75) is 6.92 Å². The molecule has 0 bridgehead atoms. The SMILES string of the molecule is COc1ccc(-c2cc(=O)n3[nH]c(C)c(-c4ccccc4)c3n2)cc1. The van der Waals surface area contributed by atoms with Gasteiger partial charge in [-0.15, -0.1) is 0 Å². The van der Waals surface area contributed by atoms with Gasteiger partial charge >= 0.3 is 0 Å². The maximum Gasteiger partial charge on any atom is 0.273 e. The molecule has 0 radical (unpaired) electrons. The van der Waals surface area contributed by atoms with Crippen molar-refractivity contribution in [3.8, 4) is 28.1 Å². The van der Waals surface area contributed by atoms with Crippen molar-refractivity contribution in [2.75, 3.05) is 7.11 Å². The third-order valence-corrected chi connectivity index (χ3v) is 4.25. The van der Waals surface area contributed by atoms with Gasteiger partial charge in [0.05, 0.1) is 12.8 Å². The molecular weight excluding hydrogens is 314 g/mol. The molecule has 2 aromatic carbocycles. The Bertz CT molecular complexity index is 1090. The highest BCUT2D eigenvalue weighted by Crippen LogP contribution is 2.28. The highest BCUT2D eigenvalue weighted by Gasteiger charge is 2.15. The van der Waals surface area contributed by atoms with Crippen LogP contribution in [0.15, 0.2) is 65.5 Å². The van der Waals surface area contributed by atoms with Gasteiger partial charge in [-0.1, -0.05) is 30.3 Å². The minimum Gasteiger partial charge on any atom is -0.497 e. The second-order valence-corrected chi connectivity index (χ2v) is 5.84. The number of fused-ring (bicyclic) bond motifs is 1. The zero-order valence-electron chi connectivity index (χ0n) is 14.0. The van der Waals surface area contributed by atoms with Crippen LogP contribution >= 0.6 is 0 Å². The number of H-pyrrole nitrogens is 1. The van der Waals surface area contributed by atoms with Crippen LogP contribution in [0, 0.1) is 6.92 Å². The summed E-state index contributed by atoms with van der Waals surface area (Å²) in [7, 11) is 1.63. The predicted molar refractivity (Wildman–Crippen MR) is 98.0 cm³/mol. The van der Waals surface area contributed by atoms with E-state index in [1.165, 1.54) is 4.52 Å². The van der Waals surface area contributed by atoms with E-state index in [0.717, 1.165) is 28.1 Å². The van der Waals surface area contributed by atoms with Gasteiger partial charge in [0.1, 0.15) is 5.75 Å². The van der Waals surface area contributed by atoms with Crippen molar-refractivity contribution in [1.82, 2.24) is 14.6 Å². The van der Waals surface area contributed by atoms with E-state index >= 15 is 0 Å². The standard InChI is InChI=1S/C20H17N3O2/c1-13-19(15-6-4-3-5-7-15)20-21-17(12-18(24)23(20)22-13)14-8-10-16(25-2)11-9-14/h3-12,22H,1-2H3. The largest absolute Gasteiger partial charge is 0.497 e. The van der Waals surface area contributed by atoms with Crippen LogP contribution in [0.3, 0.4) is 0 Å². The highest BCUT2D eigenvalue weighted by atomic mass is 16.5. The molecule has 2 heterocycles. The minimum atomic E-state index is -0.138. The summed E-state index contributed by atoms with van der Waals surface area (Å²) in [5, 5.41) is 3.11. The van der Waals surface area contributed by atoms with E-state index < -0.39 is 0 Å². The first-order chi connectivity index (χ1) is 12.2. The number of methoxy groups -OCH3 is 1. The van der Waals surface area contributed by atoms with Crippen molar-refractivity contribution in [3.63, 3.8) is 0 Å². The van der Waals surface area contributed by atoms with Crippen molar-refractivity contribution in [2.24, 2.45) is 0 Å². The van der Waals surface area contributed by atoms with E-state index in [0.29, 0.717) is 11.3 Å². The summed E-state index contributed by atoms with van der Waals surface area (Å²) in [6.07, 6.45) is 0.